The van der Waals surface area contributed by atoms with Gasteiger partial charge in [-0.1, -0.05) is 18.2 Å². The maximum atomic E-state index is 13.4. The highest BCUT2D eigenvalue weighted by Gasteiger charge is 2.34. The fourth-order valence-electron chi connectivity index (χ4n) is 6.90. The Morgan fingerprint density at radius 3 is 2.21 bits per heavy atom. The topological polar surface area (TPSA) is 159 Å². The van der Waals surface area contributed by atoms with Gasteiger partial charge in [-0.25, -0.2) is 0 Å². The SMILES string of the molecule is COC(=O)C[C@H](c1oc(CN2CCc3cc(OC)c(OC)cc3[C@H]2c2cc(OC)c(OC)c(OC)c2)cc(=O)c1O)c1cc2ccccc2[nH]c1=O. The summed E-state index contributed by atoms with van der Waals surface area (Å²) in [6, 6.07) is 17.1. The molecule has 0 fully saturated rings. The number of nitrogens with zero attached hydrogens (tertiary/aromatic N) is 1. The molecule has 0 saturated carbocycles. The molecule has 52 heavy (non-hydrogen) atoms. The smallest absolute Gasteiger partial charge is 0.306 e. The molecule has 0 unspecified atom stereocenters. The molecule has 6 rings (SSSR count). The number of ether oxygens (including phenoxy) is 6. The Kier molecular flexibility index (Phi) is 10.4. The number of esters is 1. The number of carbonyl (C=O) groups excluding carboxylic acids is 1. The molecule has 13 nitrogen and oxygen atoms in total. The predicted octanol–water partition coefficient (Wildman–Crippen LogP) is 5.07. The summed E-state index contributed by atoms with van der Waals surface area (Å²) in [7, 11) is 8.98. The molecule has 0 amide bonds. The minimum atomic E-state index is -1.14. The van der Waals surface area contributed by atoms with Gasteiger partial charge in [-0.05, 0) is 64.9 Å². The van der Waals surface area contributed by atoms with E-state index >= 15 is 0 Å². The van der Waals surface area contributed by atoms with Crippen LogP contribution in [0.2, 0.25) is 0 Å². The van der Waals surface area contributed by atoms with Crippen molar-refractivity contribution in [3.63, 3.8) is 0 Å². The third kappa shape index (κ3) is 6.74. The Bertz CT molecular complexity index is 2220. The highest BCUT2D eigenvalue weighted by atomic mass is 16.5. The standard InChI is InChI=1S/C39H40N2O11/c1-46-30-14-21-11-12-41(35(25(21)18-31(30)47-2)23-15-32(48-3)38(51-6)33(16-23)49-4)20-24-17-29(42)36(44)37(52-24)26(19-34(43)50-5)27-13-22-9-7-8-10-28(22)40-39(27)45/h7-10,13-18,26,35,44H,11-12,19-20H2,1-6H3,(H,40,45)/t26-,35+/m0/s1. The van der Waals surface area contributed by atoms with Crippen molar-refractivity contribution in [2.75, 3.05) is 49.2 Å². The first-order valence-electron chi connectivity index (χ1n) is 16.5. The van der Waals surface area contributed by atoms with Crippen LogP contribution < -0.4 is 34.7 Å². The largest absolute Gasteiger partial charge is 0.502 e. The quantitative estimate of drug-likeness (QED) is 0.166. The van der Waals surface area contributed by atoms with E-state index in [1.54, 1.807) is 52.7 Å². The highest BCUT2D eigenvalue weighted by molar-refractivity contribution is 5.79. The molecular formula is C39H40N2O11. The fourth-order valence-corrected chi connectivity index (χ4v) is 6.90. The lowest BCUT2D eigenvalue weighted by Gasteiger charge is -2.38. The Morgan fingerprint density at radius 2 is 1.56 bits per heavy atom. The van der Waals surface area contributed by atoms with Crippen molar-refractivity contribution in [3.05, 3.63) is 115 Å². The molecule has 272 valence electrons. The summed E-state index contributed by atoms with van der Waals surface area (Å²) in [5.74, 6) is -0.0672. The highest BCUT2D eigenvalue weighted by Crippen LogP contribution is 2.46. The van der Waals surface area contributed by atoms with Crippen LogP contribution in [0.3, 0.4) is 0 Å². The number of para-hydroxylation sites is 1. The normalized spacial score (nSPS) is 14.7. The van der Waals surface area contributed by atoms with Crippen molar-refractivity contribution in [2.24, 2.45) is 0 Å². The molecule has 0 radical (unpaired) electrons. The number of hydrogen-bond donors (Lipinski definition) is 2. The number of pyridine rings is 1. The van der Waals surface area contributed by atoms with Crippen LogP contribution in [0.1, 0.15) is 52.2 Å². The number of nitrogens with one attached hydrogen (secondary N) is 1. The number of rotatable bonds is 12. The van der Waals surface area contributed by atoms with Crippen LogP contribution in [-0.2, 0) is 22.5 Å². The van der Waals surface area contributed by atoms with E-state index in [2.05, 4.69) is 9.88 Å². The molecule has 0 aliphatic carbocycles. The van der Waals surface area contributed by atoms with Crippen LogP contribution in [0.15, 0.2) is 74.7 Å². The molecule has 3 heterocycles. The zero-order valence-electron chi connectivity index (χ0n) is 29.7. The predicted molar refractivity (Wildman–Crippen MR) is 191 cm³/mol. The first-order chi connectivity index (χ1) is 25.1. The lowest BCUT2D eigenvalue weighted by atomic mass is 9.87. The zero-order chi connectivity index (χ0) is 37.1. The number of benzene rings is 3. The van der Waals surface area contributed by atoms with Gasteiger partial charge in [0.25, 0.3) is 5.56 Å². The van der Waals surface area contributed by atoms with Crippen LogP contribution in [0, 0.1) is 0 Å². The first kappa shape index (κ1) is 35.9. The molecule has 5 aromatic rings. The molecule has 2 atom stereocenters. The molecule has 2 N–H and O–H groups in total. The van der Waals surface area contributed by atoms with Crippen molar-refractivity contribution in [3.8, 4) is 34.5 Å². The van der Waals surface area contributed by atoms with Crippen LogP contribution in [0.5, 0.6) is 34.5 Å². The first-order valence-corrected chi connectivity index (χ1v) is 16.5. The summed E-state index contributed by atoms with van der Waals surface area (Å²) < 4.78 is 39.6. The van der Waals surface area contributed by atoms with Gasteiger partial charge < -0.3 is 42.9 Å². The van der Waals surface area contributed by atoms with Gasteiger partial charge in [-0.15, -0.1) is 0 Å². The van der Waals surface area contributed by atoms with E-state index in [-0.39, 0.29) is 30.0 Å². The van der Waals surface area contributed by atoms with Gasteiger partial charge in [0, 0.05) is 23.7 Å². The van der Waals surface area contributed by atoms with E-state index in [9.17, 15) is 19.5 Å². The van der Waals surface area contributed by atoms with E-state index < -0.39 is 34.7 Å². The van der Waals surface area contributed by atoms with E-state index in [4.69, 9.17) is 32.8 Å². The Balaban J connectivity index is 1.50. The monoisotopic (exact) mass is 712 g/mol. The second kappa shape index (κ2) is 15.1. The number of methoxy groups -OCH3 is 6. The molecule has 2 aromatic heterocycles. The average molecular weight is 713 g/mol. The van der Waals surface area contributed by atoms with Gasteiger partial charge in [0.2, 0.25) is 16.9 Å². The zero-order valence-corrected chi connectivity index (χ0v) is 29.7. The molecule has 0 bridgehead atoms. The third-order valence-corrected chi connectivity index (χ3v) is 9.41. The van der Waals surface area contributed by atoms with Gasteiger partial charge in [0.15, 0.2) is 28.8 Å². The second-order valence-electron chi connectivity index (χ2n) is 12.3. The molecule has 1 aliphatic heterocycles. The Labute approximate surface area is 299 Å². The van der Waals surface area contributed by atoms with Crippen LogP contribution in [-0.4, -0.2) is 70.2 Å². The molecule has 3 aromatic carbocycles. The van der Waals surface area contributed by atoms with Gasteiger partial charge in [0.05, 0.1) is 67.6 Å². The van der Waals surface area contributed by atoms with E-state index in [1.807, 2.05) is 30.3 Å². The van der Waals surface area contributed by atoms with Crippen LogP contribution in [0.25, 0.3) is 10.9 Å². The summed E-state index contributed by atoms with van der Waals surface area (Å²) in [5, 5.41) is 11.8. The van der Waals surface area contributed by atoms with Gasteiger partial charge >= 0.3 is 5.97 Å². The Morgan fingerprint density at radius 1 is 0.885 bits per heavy atom. The number of aromatic hydroxyl groups is 1. The number of carbonyl (C=O) groups is 1. The lowest BCUT2D eigenvalue weighted by molar-refractivity contribution is -0.140. The van der Waals surface area contributed by atoms with E-state index in [1.165, 1.54) is 20.3 Å². The molecule has 13 heteroatoms. The van der Waals surface area contributed by atoms with Crippen molar-refractivity contribution in [1.29, 1.82) is 0 Å². The Hall–Kier alpha value is -5.95. The molecular weight excluding hydrogens is 672 g/mol. The number of H-pyrrole nitrogens is 1. The van der Waals surface area contributed by atoms with Crippen molar-refractivity contribution >= 4 is 16.9 Å². The molecule has 0 saturated heterocycles. The number of hydrogen-bond acceptors (Lipinski definition) is 12. The van der Waals surface area contributed by atoms with Crippen LogP contribution >= 0.6 is 0 Å². The summed E-state index contributed by atoms with van der Waals surface area (Å²) in [4.78, 5) is 44.5. The average Bonchev–Trinajstić information content (AvgIpc) is 3.16. The lowest BCUT2D eigenvalue weighted by Crippen LogP contribution is -2.36. The number of fused-ring (bicyclic) bond motifs is 2. The second-order valence-corrected chi connectivity index (χ2v) is 12.3. The fraction of sp³-hybridized carbons (Fsp3) is 0.308. The van der Waals surface area contributed by atoms with Crippen molar-refractivity contribution in [2.45, 2.75) is 31.3 Å². The third-order valence-electron chi connectivity index (χ3n) is 9.41. The maximum Gasteiger partial charge on any atom is 0.306 e. The maximum absolute atomic E-state index is 13.4. The van der Waals surface area contributed by atoms with Gasteiger partial charge in [0.1, 0.15) is 5.76 Å². The molecule has 1 aliphatic rings. The van der Waals surface area contributed by atoms with Crippen LogP contribution in [0.4, 0.5) is 0 Å². The minimum absolute atomic E-state index is 0.0939. The summed E-state index contributed by atoms with van der Waals surface area (Å²) in [6.45, 7) is 0.607. The van der Waals surface area contributed by atoms with E-state index in [0.717, 1.165) is 16.7 Å². The van der Waals surface area contributed by atoms with Crippen molar-refractivity contribution < 1.29 is 42.7 Å². The number of aromatic amines is 1. The molecule has 0 spiro atoms. The van der Waals surface area contributed by atoms with Crippen molar-refractivity contribution in [1.82, 2.24) is 9.88 Å². The minimum Gasteiger partial charge on any atom is -0.502 e. The van der Waals surface area contributed by atoms with Gasteiger partial charge in [-0.2, -0.15) is 0 Å². The summed E-state index contributed by atoms with van der Waals surface area (Å²) in [5.41, 5.74) is 2.21. The summed E-state index contributed by atoms with van der Waals surface area (Å²) in [6.07, 6.45) is 0.244. The summed E-state index contributed by atoms with van der Waals surface area (Å²) >= 11 is 0. The van der Waals surface area contributed by atoms with Gasteiger partial charge in [-0.3, -0.25) is 19.3 Å². The van der Waals surface area contributed by atoms with E-state index in [0.29, 0.717) is 52.6 Å². The number of aromatic nitrogens is 1.